The molecule has 0 N–H and O–H groups in total. The average Bonchev–Trinajstić information content (AvgIpc) is 3.07. The highest BCUT2D eigenvalue weighted by Gasteiger charge is 2.28. The van der Waals surface area contributed by atoms with Crippen LogP contribution in [-0.2, 0) is 11.3 Å². The Morgan fingerprint density at radius 2 is 1.96 bits per heavy atom. The number of nitrogens with zero attached hydrogens (tertiary/aromatic N) is 3. The predicted octanol–water partition coefficient (Wildman–Crippen LogP) is 3.15. The van der Waals surface area contributed by atoms with Gasteiger partial charge in [0, 0.05) is 13.1 Å². The van der Waals surface area contributed by atoms with Crippen molar-refractivity contribution in [3.63, 3.8) is 0 Å². The zero-order chi connectivity index (χ0) is 17.4. The molecule has 3 heterocycles. The zero-order valence-electron chi connectivity index (χ0n) is 14.4. The lowest BCUT2D eigenvalue weighted by atomic mass is 10.2. The Hall–Kier alpha value is -1.60. The summed E-state index contributed by atoms with van der Waals surface area (Å²) in [5.74, 6) is 0.996. The van der Waals surface area contributed by atoms with Gasteiger partial charge in [0.05, 0.1) is 34.6 Å². The standard InChI is InChI=1S/C17H22BrN3O3/c1-10-7-20(8-11(2)23-10)17(22)15-6-5-14(24-15)9-21-13(4)16(18)12(3)19-21/h5-6,10-11H,7-9H2,1-4H3/t10-,11-/m0/s1. The van der Waals surface area contributed by atoms with Gasteiger partial charge in [-0.2, -0.15) is 5.10 Å². The molecule has 1 fully saturated rings. The number of aryl methyl sites for hydroxylation is 1. The smallest absolute Gasteiger partial charge is 0.289 e. The first-order valence-electron chi connectivity index (χ1n) is 8.08. The van der Waals surface area contributed by atoms with Crippen molar-refractivity contribution in [2.45, 2.75) is 46.4 Å². The third-order valence-corrected chi connectivity index (χ3v) is 5.33. The van der Waals surface area contributed by atoms with Crippen LogP contribution in [0.3, 0.4) is 0 Å². The number of ether oxygens (including phenoxy) is 1. The number of hydrogen-bond donors (Lipinski definition) is 0. The summed E-state index contributed by atoms with van der Waals surface area (Å²) >= 11 is 3.52. The first kappa shape index (κ1) is 17.2. The van der Waals surface area contributed by atoms with E-state index in [1.807, 2.05) is 38.4 Å². The second-order valence-electron chi connectivity index (χ2n) is 6.38. The van der Waals surface area contributed by atoms with Crippen molar-refractivity contribution in [1.29, 1.82) is 0 Å². The number of carbonyl (C=O) groups is 1. The van der Waals surface area contributed by atoms with Crippen LogP contribution in [0.4, 0.5) is 0 Å². The van der Waals surface area contributed by atoms with Crippen molar-refractivity contribution in [2.75, 3.05) is 13.1 Å². The molecule has 3 rings (SSSR count). The average molecular weight is 396 g/mol. The first-order chi connectivity index (χ1) is 11.3. The molecule has 0 saturated carbocycles. The summed E-state index contributed by atoms with van der Waals surface area (Å²) in [6.45, 7) is 9.57. The van der Waals surface area contributed by atoms with Crippen molar-refractivity contribution in [2.24, 2.45) is 0 Å². The molecule has 6 nitrogen and oxygen atoms in total. The summed E-state index contributed by atoms with van der Waals surface area (Å²) in [4.78, 5) is 14.4. The molecule has 1 amide bonds. The monoisotopic (exact) mass is 395 g/mol. The molecule has 0 aromatic carbocycles. The molecular weight excluding hydrogens is 374 g/mol. The topological polar surface area (TPSA) is 60.5 Å². The normalized spacial score (nSPS) is 21.3. The predicted molar refractivity (Wildman–Crippen MR) is 93.1 cm³/mol. The van der Waals surface area contributed by atoms with Gasteiger partial charge in [0.1, 0.15) is 5.76 Å². The molecular formula is C17H22BrN3O3. The van der Waals surface area contributed by atoms with Crippen LogP contribution in [0.1, 0.15) is 41.6 Å². The molecule has 2 atom stereocenters. The quantitative estimate of drug-likeness (QED) is 0.800. The van der Waals surface area contributed by atoms with E-state index in [0.29, 0.717) is 31.2 Å². The third kappa shape index (κ3) is 3.42. The van der Waals surface area contributed by atoms with Crippen molar-refractivity contribution in [1.82, 2.24) is 14.7 Å². The number of hydrogen-bond acceptors (Lipinski definition) is 4. The minimum Gasteiger partial charge on any atom is -0.454 e. The van der Waals surface area contributed by atoms with Crippen molar-refractivity contribution in [3.05, 3.63) is 39.5 Å². The number of aromatic nitrogens is 2. The lowest BCUT2D eigenvalue weighted by molar-refractivity contribution is -0.0592. The fraction of sp³-hybridized carbons (Fsp3) is 0.529. The Morgan fingerprint density at radius 3 is 2.54 bits per heavy atom. The van der Waals surface area contributed by atoms with Gasteiger partial charge in [0.2, 0.25) is 0 Å². The van der Waals surface area contributed by atoms with Crippen LogP contribution in [0.2, 0.25) is 0 Å². The van der Waals surface area contributed by atoms with Crippen LogP contribution < -0.4 is 0 Å². The number of rotatable bonds is 3. The Balaban J connectivity index is 1.73. The summed E-state index contributed by atoms with van der Waals surface area (Å²) in [5.41, 5.74) is 1.97. The zero-order valence-corrected chi connectivity index (χ0v) is 16.0. The molecule has 0 unspecified atom stereocenters. The van der Waals surface area contributed by atoms with Crippen molar-refractivity contribution < 1.29 is 13.9 Å². The van der Waals surface area contributed by atoms with E-state index in [-0.39, 0.29) is 18.1 Å². The van der Waals surface area contributed by atoms with Gasteiger partial charge in [-0.15, -0.1) is 0 Å². The van der Waals surface area contributed by atoms with Gasteiger partial charge in [-0.3, -0.25) is 9.48 Å². The minimum absolute atomic E-state index is 0.0409. The van der Waals surface area contributed by atoms with Crippen LogP contribution in [0.15, 0.2) is 21.0 Å². The summed E-state index contributed by atoms with van der Waals surface area (Å²) < 4.78 is 14.3. The van der Waals surface area contributed by atoms with Crippen LogP contribution in [-0.4, -0.2) is 45.9 Å². The molecule has 1 aliphatic heterocycles. The molecule has 2 aromatic heterocycles. The maximum Gasteiger partial charge on any atom is 0.289 e. The van der Waals surface area contributed by atoms with Crippen LogP contribution in [0.5, 0.6) is 0 Å². The van der Waals surface area contributed by atoms with E-state index in [0.717, 1.165) is 15.9 Å². The fourth-order valence-electron chi connectivity index (χ4n) is 3.05. The summed E-state index contributed by atoms with van der Waals surface area (Å²) in [6.07, 6.45) is 0.0818. The van der Waals surface area contributed by atoms with Gasteiger partial charge in [-0.25, -0.2) is 0 Å². The molecule has 0 spiro atoms. The molecule has 1 saturated heterocycles. The Morgan fingerprint density at radius 1 is 1.29 bits per heavy atom. The molecule has 0 radical (unpaired) electrons. The highest BCUT2D eigenvalue weighted by molar-refractivity contribution is 9.10. The Bertz CT molecular complexity index is 742. The van der Waals surface area contributed by atoms with Gasteiger partial charge in [-0.1, -0.05) is 0 Å². The molecule has 0 aliphatic carbocycles. The van der Waals surface area contributed by atoms with Gasteiger partial charge >= 0.3 is 0 Å². The van der Waals surface area contributed by atoms with Gasteiger partial charge < -0.3 is 14.1 Å². The lowest BCUT2D eigenvalue weighted by Crippen LogP contribution is -2.48. The first-order valence-corrected chi connectivity index (χ1v) is 8.87. The van der Waals surface area contributed by atoms with Crippen molar-refractivity contribution >= 4 is 21.8 Å². The number of furan rings is 1. The lowest BCUT2D eigenvalue weighted by Gasteiger charge is -2.34. The van der Waals surface area contributed by atoms with E-state index >= 15 is 0 Å². The van der Waals surface area contributed by atoms with Gasteiger partial charge in [-0.05, 0) is 55.8 Å². The maximum absolute atomic E-state index is 12.6. The second kappa shape index (κ2) is 6.72. The van der Waals surface area contributed by atoms with E-state index in [4.69, 9.17) is 9.15 Å². The SMILES string of the molecule is Cc1nn(Cc2ccc(C(=O)N3C[C@H](C)O[C@@H](C)C3)o2)c(C)c1Br. The highest BCUT2D eigenvalue weighted by Crippen LogP contribution is 2.22. The fourth-order valence-corrected chi connectivity index (χ4v) is 3.34. The molecule has 24 heavy (non-hydrogen) atoms. The van der Waals surface area contributed by atoms with E-state index in [2.05, 4.69) is 21.0 Å². The molecule has 2 aromatic rings. The van der Waals surface area contributed by atoms with Crippen LogP contribution in [0, 0.1) is 13.8 Å². The largest absolute Gasteiger partial charge is 0.454 e. The van der Waals surface area contributed by atoms with Crippen LogP contribution >= 0.6 is 15.9 Å². The highest BCUT2D eigenvalue weighted by atomic mass is 79.9. The maximum atomic E-state index is 12.6. The molecule has 7 heteroatoms. The second-order valence-corrected chi connectivity index (χ2v) is 7.17. The van der Waals surface area contributed by atoms with Gasteiger partial charge in [0.15, 0.2) is 5.76 Å². The Kier molecular flexibility index (Phi) is 4.83. The summed E-state index contributed by atoms with van der Waals surface area (Å²) in [7, 11) is 0. The van der Waals surface area contributed by atoms with E-state index in [1.165, 1.54) is 0 Å². The number of amides is 1. The van der Waals surface area contributed by atoms with E-state index in [9.17, 15) is 4.79 Å². The summed E-state index contributed by atoms with van der Waals surface area (Å²) in [5, 5.41) is 4.47. The minimum atomic E-state index is -0.0854. The number of morpholine rings is 1. The molecule has 0 bridgehead atoms. The summed E-state index contributed by atoms with van der Waals surface area (Å²) in [6, 6.07) is 3.58. The molecule has 130 valence electrons. The number of halogens is 1. The van der Waals surface area contributed by atoms with Crippen molar-refractivity contribution in [3.8, 4) is 0 Å². The third-order valence-electron chi connectivity index (χ3n) is 4.18. The van der Waals surface area contributed by atoms with Crippen LogP contribution in [0.25, 0.3) is 0 Å². The van der Waals surface area contributed by atoms with E-state index in [1.54, 1.807) is 11.0 Å². The number of carbonyl (C=O) groups excluding carboxylic acids is 1. The van der Waals surface area contributed by atoms with Gasteiger partial charge in [0.25, 0.3) is 5.91 Å². The molecule has 1 aliphatic rings. The van der Waals surface area contributed by atoms with E-state index < -0.39 is 0 Å². The Labute approximate surface area is 149 Å².